The third-order valence-electron chi connectivity index (χ3n) is 4.38. The number of aryl methyl sites for hydroxylation is 4. The third-order valence-corrected chi connectivity index (χ3v) is 4.38. The fraction of sp³-hybridized carbons (Fsp3) is 0.389. The highest BCUT2D eigenvalue weighted by atomic mass is 16.5. The summed E-state index contributed by atoms with van der Waals surface area (Å²) < 4.78 is 6.52. The van der Waals surface area contributed by atoms with Crippen LogP contribution in [0.15, 0.2) is 15.4 Å². The van der Waals surface area contributed by atoms with Crippen molar-refractivity contribution in [3.8, 4) is 5.95 Å². The molecule has 0 aliphatic heterocycles. The lowest BCUT2D eigenvalue weighted by atomic mass is 10.1. The maximum atomic E-state index is 12.5. The van der Waals surface area contributed by atoms with Gasteiger partial charge in [0.15, 0.2) is 0 Å². The van der Waals surface area contributed by atoms with Crippen LogP contribution in [0.4, 0.5) is 5.82 Å². The predicted molar refractivity (Wildman–Crippen MR) is 99.1 cm³/mol. The molecule has 9 nitrogen and oxygen atoms in total. The Morgan fingerprint density at radius 2 is 1.96 bits per heavy atom. The van der Waals surface area contributed by atoms with Crippen LogP contribution < -0.4 is 10.9 Å². The molecule has 0 aliphatic rings. The average Bonchev–Trinajstić information content (AvgIpc) is 3.11. The third kappa shape index (κ3) is 3.67. The number of hydrogen-bond donors (Lipinski definition) is 2. The summed E-state index contributed by atoms with van der Waals surface area (Å²) in [6.07, 6.45) is 0.719. The van der Waals surface area contributed by atoms with E-state index < -0.39 is 0 Å². The summed E-state index contributed by atoms with van der Waals surface area (Å²) in [5.74, 6) is 1.06. The van der Waals surface area contributed by atoms with Crippen molar-refractivity contribution in [3.05, 3.63) is 50.4 Å². The summed E-state index contributed by atoms with van der Waals surface area (Å²) in [5, 5.41) is 11.0. The topological polar surface area (TPSA) is 119 Å². The molecule has 3 heterocycles. The number of nitrogens with zero attached hydrogens (tertiary/aromatic N) is 4. The Morgan fingerprint density at radius 3 is 2.56 bits per heavy atom. The molecule has 0 aromatic carbocycles. The van der Waals surface area contributed by atoms with E-state index in [2.05, 4.69) is 25.5 Å². The Balaban J connectivity index is 1.91. The van der Waals surface area contributed by atoms with Crippen LogP contribution >= 0.6 is 0 Å². The van der Waals surface area contributed by atoms with Gasteiger partial charge in [-0.15, -0.1) is 0 Å². The van der Waals surface area contributed by atoms with Gasteiger partial charge in [0.25, 0.3) is 5.56 Å². The molecule has 27 heavy (non-hydrogen) atoms. The van der Waals surface area contributed by atoms with Crippen molar-refractivity contribution in [2.24, 2.45) is 0 Å². The molecule has 0 aliphatic carbocycles. The number of aromatic nitrogens is 5. The SMILES string of the molecule is CCc1c(C)nc(-n2nc(C)cc2NC(=O)Cc2c(C)noc2C)[nH]c1=O. The fourth-order valence-electron chi connectivity index (χ4n) is 2.96. The number of anilines is 1. The first-order valence-electron chi connectivity index (χ1n) is 8.68. The van der Waals surface area contributed by atoms with Crippen molar-refractivity contribution in [2.45, 2.75) is 47.5 Å². The Bertz CT molecular complexity index is 1040. The van der Waals surface area contributed by atoms with Crippen molar-refractivity contribution in [3.63, 3.8) is 0 Å². The minimum absolute atomic E-state index is 0.128. The first-order valence-corrected chi connectivity index (χ1v) is 8.68. The van der Waals surface area contributed by atoms with Gasteiger partial charge in [-0.2, -0.15) is 9.78 Å². The normalized spacial score (nSPS) is 11.0. The summed E-state index contributed by atoms with van der Waals surface area (Å²) in [6.45, 7) is 9.04. The molecule has 2 N–H and O–H groups in total. The van der Waals surface area contributed by atoms with Gasteiger partial charge in [0.05, 0.1) is 17.8 Å². The van der Waals surface area contributed by atoms with Crippen LogP contribution in [0.1, 0.15) is 40.9 Å². The molecule has 0 fully saturated rings. The van der Waals surface area contributed by atoms with Gasteiger partial charge in [-0.3, -0.25) is 14.6 Å². The van der Waals surface area contributed by atoms with Crippen LogP contribution in [0.2, 0.25) is 0 Å². The van der Waals surface area contributed by atoms with Crippen LogP contribution in [0, 0.1) is 27.7 Å². The number of amides is 1. The number of rotatable bonds is 5. The number of hydrogen-bond acceptors (Lipinski definition) is 6. The van der Waals surface area contributed by atoms with E-state index in [1.807, 2.05) is 6.92 Å². The summed E-state index contributed by atoms with van der Waals surface area (Å²) in [7, 11) is 0. The van der Waals surface area contributed by atoms with Gasteiger partial charge in [0.1, 0.15) is 11.6 Å². The largest absolute Gasteiger partial charge is 0.361 e. The molecule has 0 bridgehead atoms. The van der Waals surface area contributed by atoms with E-state index in [1.54, 1.807) is 33.8 Å². The molecule has 3 aromatic rings. The Hall–Kier alpha value is -3.23. The predicted octanol–water partition coefficient (Wildman–Crippen LogP) is 1.92. The Morgan fingerprint density at radius 1 is 1.22 bits per heavy atom. The van der Waals surface area contributed by atoms with Crippen molar-refractivity contribution in [2.75, 3.05) is 5.32 Å². The zero-order valence-electron chi connectivity index (χ0n) is 16.0. The number of nitrogens with one attached hydrogen (secondary N) is 2. The van der Waals surface area contributed by atoms with Gasteiger partial charge in [0.2, 0.25) is 11.9 Å². The second kappa shape index (κ2) is 7.18. The molecule has 0 saturated heterocycles. The lowest BCUT2D eigenvalue weighted by Crippen LogP contribution is -2.22. The Labute approximate surface area is 155 Å². The number of carbonyl (C=O) groups excluding carboxylic acids is 1. The van der Waals surface area contributed by atoms with Crippen molar-refractivity contribution in [1.82, 2.24) is 24.9 Å². The minimum atomic E-state index is -0.241. The molecule has 9 heteroatoms. The number of aromatic amines is 1. The lowest BCUT2D eigenvalue weighted by Gasteiger charge is -2.10. The molecular weight excluding hydrogens is 348 g/mol. The summed E-state index contributed by atoms with van der Waals surface area (Å²) in [5.41, 5.74) is 3.18. The van der Waals surface area contributed by atoms with E-state index in [1.165, 1.54) is 4.68 Å². The zero-order valence-corrected chi connectivity index (χ0v) is 16.0. The molecule has 3 rings (SSSR count). The van der Waals surface area contributed by atoms with Crippen molar-refractivity contribution < 1.29 is 9.32 Å². The smallest absolute Gasteiger partial charge is 0.255 e. The van der Waals surface area contributed by atoms with Crippen LogP contribution in [-0.4, -0.2) is 30.8 Å². The quantitative estimate of drug-likeness (QED) is 0.708. The van der Waals surface area contributed by atoms with Crippen LogP contribution in [-0.2, 0) is 17.6 Å². The summed E-state index contributed by atoms with van der Waals surface area (Å²) >= 11 is 0. The molecule has 0 atom stereocenters. The van der Waals surface area contributed by atoms with E-state index >= 15 is 0 Å². The first-order chi connectivity index (χ1) is 12.8. The second-order valence-electron chi connectivity index (χ2n) is 6.42. The number of carbonyl (C=O) groups is 1. The van der Waals surface area contributed by atoms with Gasteiger partial charge < -0.3 is 9.84 Å². The number of H-pyrrole nitrogens is 1. The summed E-state index contributed by atoms with van der Waals surface area (Å²) in [4.78, 5) is 31.9. The van der Waals surface area contributed by atoms with E-state index in [4.69, 9.17) is 4.52 Å². The monoisotopic (exact) mass is 370 g/mol. The van der Waals surface area contributed by atoms with E-state index in [0.29, 0.717) is 40.6 Å². The maximum Gasteiger partial charge on any atom is 0.255 e. The van der Waals surface area contributed by atoms with Gasteiger partial charge in [-0.05, 0) is 34.1 Å². The van der Waals surface area contributed by atoms with Gasteiger partial charge in [0, 0.05) is 22.9 Å². The maximum absolute atomic E-state index is 12.5. The molecule has 0 unspecified atom stereocenters. The lowest BCUT2D eigenvalue weighted by molar-refractivity contribution is -0.115. The molecule has 3 aromatic heterocycles. The molecular formula is C18H22N6O3. The van der Waals surface area contributed by atoms with E-state index in [0.717, 1.165) is 5.56 Å². The zero-order chi connectivity index (χ0) is 19.7. The molecule has 0 saturated carbocycles. The first kappa shape index (κ1) is 18.6. The molecule has 1 amide bonds. The van der Waals surface area contributed by atoms with Gasteiger partial charge in [-0.1, -0.05) is 12.1 Å². The molecule has 0 radical (unpaired) electrons. The van der Waals surface area contributed by atoms with Crippen molar-refractivity contribution >= 4 is 11.7 Å². The van der Waals surface area contributed by atoms with Crippen LogP contribution in [0.5, 0.6) is 0 Å². The second-order valence-corrected chi connectivity index (χ2v) is 6.42. The van der Waals surface area contributed by atoms with Gasteiger partial charge in [-0.25, -0.2) is 4.98 Å². The highest BCUT2D eigenvalue weighted by Crippen LogP contribution is 2.17. The molecule has 0 spiro atoms. The van der Waals surface area contributed by atoms with Crippen LogP contribution in [0.25, 0.3) is 5.95 Å². The fourth-order valence-corrected chi connectivity index (χ4v) is 2.96. The Kier molecular flexibility index (Phi) is 4.93. The minimum Gasteiger partial charge on any atom is -0.361 e. The van der Waals surface area contributed by atoms with E-state index in [9.17, 15) is 9.59 Å². The highest BCUT2D eigenvalue weighted by Gasteiger charge is 2.17. The highest BCUT2D eigenvalue weighted by molar-refractivity contribution is 5.92. The van der Waals surface area contributed by atoms with Gasteiger partial charge >= 0.3 is 0 Å². The standard InChI is InChI=1S/C18H22N6O3/c1-6-13-10(3)19-18(21-17(13)26)24-15(7-9(2)22-24)20-16(25)8-14-11(4)23-27-12(14)5/h7H,6,8H2,1-5H3,(H,20,25)(H,19,21,26). The molecule has 142 valence electrons. The van der Waals surface area contributed by atoms with Crippen molar-refractivity contribution in [1.29, 1.82) is 0 Å². The summed E-state index contributed by atoms with van der Waals surface area (Å²) in [6, 6.07) is 1.72. The van der Waals surface area contributed by atoms with Crippen LogP contribution in [0.3, 0.4) is 0 Å². The van der Waals surface area contributed by atoms with E-state index in [-0.39, 0.29) is 23.8 Å². The average molecular weight is 370 g/mol.